The average molecular weight is 379 g/mol. The van der Waals surface area contributed by atoms with E-state index in [4.69, 9.17) is 0 Å². The molecule has 3 rings (SSSR count). The summed E-state index contributed by atoms with van der Waals surface area (Å²) in [6.07, 6.45) is 8.62. The Morgan fingerprint density at radius 2 is 1.39 bits per heavy atom. The molecule has 2 N–H and O–H groups in total. The topological polar surface area (TPSA) is 58.2 Å². The molecule has 0 aromatic heterocycles. The van der Waals surface area contributed by atoms with E-state index in [-0.39, 0.29) is 17.9 Å². The van der Waals surface area contributed by atoms with Crippen molar-refractivity contribution in [3.05, 3.63) is 71.8 Å². The van der Waals surface area contributed by atoms with Crippen molar-refractivity contribution in [2.75, 3.05) is 0 Å². The van der Waals surface area contributed by atoms with Crippen molar-refractivity contribution < 1.29 is 9.59 Å². The first kappa shape index (κ1) is 20.1. The standard InChI is InChI=1S/C24H30N2O2/c27-23(20-14-8-5-9-15-20)26-22(18-19-12-6-4-7-13-19)24(28)25-21-16-10-2-1-3-11-17-21/h4-9,12-15,21-22H,1-3,10-11,16-18H2,(H,25,28)(H,26,27)/t22-/m0/s1. The molecule has 1 aliphatic carbocycles. The van der Waals surface area contributed by atoms with Gasteiger partial charge in [-0.1, -0.05) is 80.6 Å². The van der Waals surface area contributed by atoms with E-state index in [0.29, 0.717) is 12.0 Å². The molecule has 0 heterocycles. The van der Waals surface area contributed by atoms with Gasteiger partial charge in [0.2, 0.25) is 5.91 Å². The minimum Gasteiger partial charge on any atom is -0.352 e. The van der Waals surface area contributed by atoms with Crippen LogP contribution in [0, 0.1) is 0 Å². The van der Waals surface area contributed by atoms with Gasteiger partial charge in [0.15, 0.2) is 0 Å². The summed E-state index contributed by atoms with van der Waals surface area (Å²) < 4.78 is 0. The summed E-state index contributed by atoms with van der Waals surface area (Å²) in [5.41, 5.74) is 1.60. The lowest BCUT2D eigenvalue weighted by Crippen LogP contribution is -2.50. The summed E-state index contributed by atoms with van der Waals surface area (Å²) in [6.45, 7) is 0. The molecule has 0 unspecified atom stereocenters. The zero-order valence-corrected chi connectivity index (χ0v) is 16.4. The molecule has 1 aliphatic rings. The Morgan fingerprint density at radius 3 is 2.04 bits per heavy atom. The second kappa shape index (κ2) is 10.6. The van der Waals surface area contributed by atoms with Crippen molar-refractivity contribution in [2.45, 2.75) is 63.5 Å². The van der Waals surface area contributed by atoms with E-state index in [1.165, 1.54) is 19.3 Å². The number of carbonyl (C=O) groups is 2. The number of benzene rings is 2. The van der Waals surface area contributed by atoms with Crippen molar-refractivity contribution in [1.29, 1.82) is 0 Å². The fraction of sp³-hybridized carbons (Fsp3) is 0.417. The second-order valence-electron chi connectivity index (χ2n) is 7.63. The summed E-state index contributed by atoms with van der Waals surface area (Å²) in [4.78, 5) is 25.7. The largest absolute Gasteiger partial charge is 0.352 e. The van der Waals surface area contributed by atoms with Gasteiger partial charge in [-0.05, 0) is 30.5 Å². The molecule has 0 aliphatic heterocycles. The third-order valence-electron chi connectivity index (χ3n) is 5.39. The molecule has 2 amide bonds. The van der Waals surface area contributed by atoms with Crippen LogP contribution in [-0.4, -0.2) is 23.9 Å². The van der Waals surface area contributed by atoms with Crippen LogP contribution in [0.2, 0.25) is 0 Å². The highest BCUT2D eigenvalue weighted by Crippen LogP contribution is 2.17. The lowest BCUT2D eigenvalue weighted by molar-refractivity contribution is -0.123. The molecule has 2 aromatic carbocycles. The molecule has 4 nitrogen and oxygen atoms in total. The van der Waals surface area contributed by atoms with Gasteiger partial charge in [0.25, 0.3) is 5.91 Å². The van der Waals surface area contributed by atoms with Gasteiger partial charge in [-0.25, -0.2) is 0 Å². The predicted octanol–water partition coefficient (Wildman–Crippen LogP) is 4.26. The number of hydrogen-bond donors (Lipinski definition) is 2. The molecule has 0 saturated heterocycles. The zero-order valence-electron chi connectivity index (χ0n) is 16.4. The van der Waals surface area contributed by atoms with Gasteiger partial charge in [-0.2, -0.15) is 0 Å². The quantitative estimate of drug-likeness (QED) is 0.789. The maximum absolute atomic E-state index is 13.1. The van der Waals surface area contributed by atoms with Crippen LogP contribution in [0.4, 0.5) is 0 Å². The Bertz CT molecular complexity index is 738. The lowest BCUT2D eigenvalue weighted by atomic mass is 9.96. The number of carbonyl (C=O) groups excluding carboxylic acids is 2. The molecule has 28 heavy (non-hydrogen) atoms. The third-order valence-corrected chi connectivity index (χ3v) is 5.39. The first-order valence-electron chi connectivity index (χ1n) is 10.4. The summed E-state index contributed by atoms with van der Waals surface area (Å²) in [5.74, 6) is -0.298. The normalized spacial score (nSPS) is 16.4. The first-order valence-corrected chi connectivity index (χ1v) is 10.4. The van der Waals surface area contributed by atoms with Crippen molar-refractivity contribution >= 4 is 11.8 Å². The smallest absolute Gasteiger partial charge is 0.251 e. The Hall–Kier alpha value is -2.62. The Labute approximate surface area is 167 Å². The Kier molecular flexibility index (Phi) is 7.65. The summed E-state index contributed by atoms with van der Waals surface area (Å²) in [6, 6.07) is 18.5. The molecule has 0 spiro atoms. The summed E-state index contributed by atoms with van der Waals surface area (Å²) in [5, 5.41) is 6.16. The van der Waals surface area contributed by atoms with E-state index in [0.717, 1.165) is 31.2 Å². The minimum atomic E-state index is -0.583. The summed E-state index contributed by atoms with van der Waals surface area (Å²) >= 11 is 0. The fourth-order valence-electron chi connectivity index (χ4n) is 3.79. The second-order valence-corrected chi connectivity index (χ2v) is 7.63. The molecule has 1 atom stereocenters. The van der Waals surface area contributed by atoms with E-state index in [2.05, 4.69) is 10.6 Å². The first-order chi connectivity index (χ1) is 13.7. The highest BCUT2D eigenvalue weighted by atomic mass is 16.2. The van der Waals surface area contributed by atoms with E-state index < -0.39 is 6.04 Å². The highest BCUT2D eigenvalue weighted by molar-refractivity contribution is 5.97. The average Bonchev–Trinajstić information content (AvgIpc) is 2.70. The molecule has 1 saturated carbocycles. The van der Waals surface area contributed by atoms with Gasteiger partial charge in [0.05, 0.1) is 0 Å². The van der Waals surface area contributed by atoms with E-state index in [9.17, 15) is 9.59 Å². The van der Waals surface area contributed by atoms with Gasteiger partial charge in [0, 0.05) is 18.0 Å². The molecule has 1 fully saturated rings. The number of hydrogen-bond acceptors (Lipinski definition) is 2. The van der Waals surface area contributed by atoms with Crippen molar-refractivity contribution in [3.63, 3.8) is 0 Å². The lowest BCUT2D eigenvalue weighted by Gasteiger charge is -2.25. The van der Waals surface area contributed by atoms with E-state index in [1.54, 1.807) is 12.1 Å². The van der Waals surface area contributed by atoms with Gasteiger partial charge >= 0.3 is 0 Å². The molecule has 4 heteroatoms. The van der Waals surface area contributed by atoms with Gasteiger partial charge in [0.1, 0.15) is 6.04 Å². The Morgan fingerprint density at radius 1 is 0.821 bits per heavy atom. The molecule has 0 bridgehead atoms. The van der Waals surface area contributed by atoms with Gasteiger partial charge in [-0.15, -0.1) is 0 Å². The molecule has 0 radical (unpaired) electrons. The van der Waals surface area contributed by atoms with Crippen LogP contribution in [0.15, 0.2) is 60.7 Å². The van der Waals surface area contributed by atoms with Crippen LogP contribution >= 0.6 is 0 Å². The summed E-state index contributed by atoms with van der Waals surface area (Å²) in [7, 11) is 0. The maximum Gasteiger partial charge on any atom is 0.251 e. The van der Waals surface area contributed by atoms with Gasteiger partial charge < -0.3 is 10.6 Å². The van der Waals surface area contributed by atoms with Crippen LogP contribution in [0.1, 0.15) is 60.9 Å². The Balaban J connectivity index is 1.69. The molecule has 2 aromatic rings. The molecule has 148 valence electrons. The minimum absolute atomic E-state index is 0.0845. The fourth-order valence-corrected chi connectivity index (χ4v) is 3.79. The van der Waals surface area contributed by atoms with Crippen molar-refractivity contribution in [3.8, 4) is 0 Å². The van der Waals surface area contributed by atoms with E-state index in [1.807, 2.05) is 48.5 Å². The van der Waals surface area contributed by atoms with Crippen LogP contribution in [0.3, 0.4) is 0 Å². The SMILES string of the molecule is O=C(N[C@@H](Cc1ccccc1)C(=O)NC1CCCCCCC1)c1ccccc1. The van der Waals surface area contributed by atoms with Crippen LogP contribution in [0.5, 0.6) is 0 Å². The monoisotopic (exact) mass is 378 g/mol. The van der Waals surface area contributed by atoms with Crippen LogP contribution in [-0.2, 0) is 11.2 Å². The third kappa shape index (κ3) is 6.22. The zero-order chi connectivity index (χ0) is 19.6. The highest BCUT2D eigenvalue weighted by Gasteiger charge is 2.24. The molecular formula is C24H30N2O2. The van der Waals surface area contributed by atoms with Crippen LogP contribution < -0.4 is 10.6 Å². The van der Waals surface area contributed by atoms with E-state index >= 15 is 0 Å². The van der Waals surface area contributed by atoms with Crippen LogP contribution in [0.25, 0.3) is 0 Å². The van der Waals surface area contributed by atoms with Crippen molar-refractivity contribution in [2.24, 2.45) is 0 Å². The predicted molar refractivity (Wildman–Crippen MR) is 112 cm³/mol. The number of nitrogens with one attached hydrogen (secondary N) is 2. The van der Waals surface area contributed by atoms with Crippen molar-refractivity contribution in [1.82, 2.24) is 10.6 Å². The van der Waals surface area contributed by atoms with Gasteiger partial charge in [-0.3, -0.25) is 9.59 Å². The molecular weight excluding hydrogens is 348 g/mol. The number of amides is 2. The maximum atomic E-state index is 13.1. The number of rotatable bonds is 6.